The molecule has 4 N–H and O–H groups in total. The zero-order valence-electron chi connectivity index (χ0n) is 15.8. The minimum atomic E-state index is -0.925. The standard InChI is InChI=1S/C21H21N3O5/c1-14(23-18(25)12-7-15-5-3-2-4-6-15)21(28)29-13-19(26)24-17-10-8-16(9-11-17)20(22)27/h2-12,14H,13H2,1H3,(H2,22,27)(H,23,25)(H,24,26)/b12-7+/t14-/m0/s1. The molecule has 0 heterocycles. The van der Waals surface area contributed by atoms with Gasteiger partial charge in [-0.15, -0.1) is 0 Å². The molecule has 0 fully saturated rings. The van der Waals surface area contributed by atoms with Gasteiger partial charge in [0.25, 0.3) is 5.91 Å². The van der Waals surface area contributed by atoms with Crippen LogP contribution in [0.1, 0.15) is 22.8 Å². The fraction of sp³-hybridized carbons (Fsp3) is 0.143. The molecule has 0 bridgehead atoms. The van der Waals surface area contributed by atoms with Gasteiger partial charge in [0, 0.05) is 17.3 Å². The zero-order chi connectivity index (χ0) is 21.2. The van der Waals surface area contributed by atoms with Crippen LogP contribution >= 0.6 is 0 Å². The van der Waals surface area contributed by atoms with Gasteiger partial charge in [0.15, 0.2) is 6.61 Å². The van der Waals surface area contributed by atoms with Crippen molar-refractivity contribution in [2.45, 2.75) is 13.0 Å². The highest BCUT2D eigenvalue weighted by molar-refractivity contribution is 5.96. The number of hydrogen-bond donors (Lipinski definition) is 3. The molecule has 0 unspecified atom stereocenters. The van der Waals surface area contributed by atoms with Crippen molar-refractivity contribution >= 4 is 35.5 Å². The molecule has 150 valence electrons. The average molecular weight is 395 g/mol. The van der Waals surface area contributed by atoms with E-state index in [1.165, 1.54) is 37.3 Å². The van der Waals surface area contributed by atoms with E-state index in [2.05, 4.69) is 10.6 Å². The van der Waals surface area contributed by atoms with Gasteiger partial charge in [0.05, 0.1) is 0 Å². The van der Waals surface area contributed by atoms with Gasteiger partial charge < -0.3 is 21.1 Å². The van der Waals surface area contributed by atoms with E-state index in [9.17, 15) is 19.2 Å². The molecule has 1 atom stereocenters. The third-order valence-electron chi connectivity index (χ3n) is 3.74. The van der Waals surface area contributed by atoms with Gasteiger partial charge in [-0.1, -0.05) is 30.3 Å². The first-order valence-electron chi connectivity index (χ1n) is 8.75. The number of benzene rings is 2. The Morgan fingerprint density at radius 3 is 2.31 bits per heavy atom. The second kappa shape index (κ2) is 10.4. The number of esters is 1. The largest absolute Gasteiger partial charge is 0.454 e. The number of carbonyl (C=O) groups is 4. The molecule has 3 amide bonds. The van der Waals surface area contributed by atoms with Crippen LogP contribution in [-0.2, 0) is 19.1 Å². The van der Waals surface area contributed by atoms with Gasteiger partial charge in [0.1, 0.15) is 6.04 Å². The summed E-state index contributed by atoms with van der Waals surface area (Å²) in [4.78, 5) is 46.7. The molecule has 0 saturated carbocycles. The Bertz CT molecular complexity index is 908. The third kappa shape index (κ3) is 7.30. The van der Waals surface area contributed by atoms with Crippen molar-refractivity contribution in [2.75, 3.05) is 11.9 Å². The van der Waals surface area contributed by atoms with Crippen molar-refractivity contribution in [1.29, 1.82) is 0 Å². The number of nitrogens with one attached hydrogen (secondary N) is 2. The Morgan fingerprint density at radius 2 is 1.69 bits per heavy atom. The number of rotatable bonds is 8. The van der Waals surface area contributed by atoms with Crippen LogP contribution in [0.3, 0.4) is 0 Å². The van der Waals surface area contributed by atoms with Gasteiger partial charge in [-0.05, 0) is 42.8 Å². The van der Waals surface area contributed by atoms with E-state index in [4.69, 9.17) is 10.5 Å². The molecule has 8 nitrogen and oxygen atoms in total. The smallest absolute Gasteiger partial charge is 0.328 e. The minimum absolute atomic E-state index is 0.306. The predicted octanol–water partition coefficient (Wildman–Crippen LogP) is 1.49. The van der Waals surface area contributed by atoms with Gasteiger partial charge in [-0.25, -0.2) is 4.79 Å². The lowest BCUT2D eigenvalue weighted by molar-refractivity contribution is -0.149. The predicted molar refractivity (Wildman–Crippen MR) is 108 cm³/mol. The molecule has 0 aromatic heterocycles. The van der Waals surface area contributed by atoms with E-state index >= 15 is 0 Å². The van der Waals surface area contributed by atoms with E-state index in [1.54, 1.807) is 6.08 Å². The minimum Gasteiger partial charge on any atom is -0.454 e. The highest BCUT2D eigenvalue weighted by Gasteiger charge is 2.17. The number of nitrogens with two attached hydrogens (primary N) is 1. The zero-order valence-corrected chi connectivity index (χ0v) is 15.8. The van der Waals surface area contributed by atoms with Crippen LogP contribution in [0.4, 0.5) is 5.69 Å². The summed E-state index contributed by atoms with van der Waals surface area (Å²) in [6.45, 7) is 0.938. The highest BCUT2D eigenvalue weighted by Crippen LogP contribution is 2.09. The van der Waals surface area contributed by atoms with Crippen LogP contribution < -0.4 is 16.4 Å². The van der Waals surface area contributed by atoms with Crippen LogP contribution in [-0.4, -0.2) is 36.3 Å². The number of anilines is 1. The topological polar surface area (TPSA) is 128 Å². The van der Waals surface area contributed by atoms with Gasteiger partial charge in [-0.3, -0.25) is 14.4 Å². The van der Waals surface area contributed by atoms with Crippen molar-refractivity contribution in [3.05, 3.63) is 71.8 Å². The van der Waals surface area contributed by atoms with Crippen molar-refractivity contribution in [3.63, 3.8) is 0 Å². The fourth-order valence-electron chi connectivity index (χ4n) is 2.23. The van der Waals surface area contributed by atoms with E-state index in [-0.39, 0.29) is 0 Å². The summed E-state index contributed by atoms with van der Waals surface area (Å²) >= 11 is 0. The molecule has 0 radical (unpaired) electrons. The van der Waals surface area contributed by atoms with Crippen molar-refractivity contribution in [3.8, 4) is 0 Å². The molecule has 0 aliphatic heterocycles. The quantitative estimate of drug-likeness (QED) is 0.461. The molecule has 0 saturated heterocycles. The summed E-state index contributed by atoms with van der Waals surface area (Å²) in [5.41, 5.74) is 6.71. The Morgan fingerprint density at radius 1 is 1.03 bits per heavy atom. The van der Waals surface area contributed by atoms with Gasteiger partial charge in [0.2, 0.25) is 11.8 Å². The lowest BCUT2D eigenvalue weighted by atomic mass is 10.2. The van der Waals surface area contributed by atoms with Gasteiger partial charge in [-0.2, -0.15) is 0 Å². The first kappa shape index (κ1) is 21.4. The second-order valence-corrected chi connectivity index (χ2v) is 6.07. The molecule has 0 aliphatic rings. The Hall–Kier alpha value is -3.94. The highest BCUT2D eigenvalue weighted by atomic mass is 16.5. The van der Waals surface area contributed by atoms with Crippen LogP contribution in [0, 0.1) is 0 Å². The van der Waals surface area contributed by atoms with Crippen LogP contribution in [0.5, 0.6) is 0 Å². The van der Waals surface area contributed by atoms with Crippen molar-refractivity contribution < 1.29 is 23.9 Å². The normalized spacial score (nSPS) is 11.5. The Kier molecular flexibility index (Phi) is 7.67. The Balaban J connectivity index is 1.75. The lowest BCUT2D eigenvalue weighted by Gasteiger charge is -2.12. The Labute approximate surface area is 167 Å². The summed E-state index contributed by atoms with van der Waals surface area (Å²) in [6.07, 6.45) is 2.92. The van der Waals surface area contributed by atoms with E-state index < -0.39 is 36.3 Å². The van der Waals surface area contributed by atoms with Crippen LogP contribution in [0.2, 0.25) is 0 Å². The number of amides is 3. The van der Waals surface area contributed by atoms with Crippen LogP contribution in [0.25, 0.3) is 6.08 Å². The first-order chi connectivity index (χ1) is 13.8. The molecule has 2 rings (SSSR count). The van der Waals surface area contributed by atoms with Crippen molar-refractivity contribution in [2.24, 2.45) is 5.73 Å². The number of carbonyl (C=O) groups excluding carboxylic acids is 4. The average Bonchev–Trinajstić information content (AvgIpc) is 2.71. The molecular formula is C21H21N3O5. The summed E-state index contributed by atoms with van der Waals surface area (Å²) < 4.78 is 4.90. The summed E-state index contributed by atoms with van der Waals surface area (Å²) in [5.74, 6) is -2.35. The molecular weight excluding hydrogens is 374 g/mol. The number of primary amides is 1. The lowest BCUT2D eigenvalue weighted by Crippen LogP contribution is -2.39. The van der Waals surface area contributed by atoms with Crippen LogP contribution in [0.15, 0.2) is 60.7 Å². The summed E-state index contributed by atoms with van der Waals surface area (Å²) in [5, 5.41) is 4.98. The number of hydrogen-bond acceptors (Lipinski definition) is 5. The molecule has 2 aromatic carbocycles. The van der Waals surface area contributed by atoms with Crippen molar-refractivity contribution in [1.82, 2.24) is 5.32 Å². The SMILES string of the molecule is C[C@H](NC(=O)/C=C/c1ccccc1)C(=O)OCC(=O)Nc1ccc(C(N)=O)cc1. The summed E-state index contributed by atoms with van der Waals surface area (Å²) in [7, 11) is 0. The maximum absolute atomic E-state index is 11.9. The third-order valence-corrected chi connectivity index (χ3v) is 3.74. The molecule has 29 heavy (non-hydrogen) atoms. The molecule has 0 spiro atoms. The second-order valence-electron chi connectivity index (χ2n) is 6.07. The van der Waals surface area contributed by atoms with E-state index in [0.717, 1.165) is 5.56 Å². The number of ether oxygens (including phenoxy) is 1. The monoisotopic (exact) mass is 395 g/mol. The van der Waals surface area contributed by atoms with Gasteiger partial charge >= 0.3 is 5.97 Å². The fourth-order valence-corrected chi connectivity index (χ4v) is 2.23. The molecule has 0 aliphatic carbocycles. The maximum atomic E-state index is 11.9. The maximum Gasteiger partial charge on any atom is 0.328 e. The van der Waals surface area contributed by atoms with E-state index in [0.29, 0.717) is 11.3 Å². The first-order valence-corrected chi connectivity index (χ1v) is 8.75. The summed E-state index contributed by atoms with van der Waals surface area (Å²) in [6, 6.07) is 14.2. The molecule has 8 heteroatoms. The molecule has 2 aromatic rings. The van der Waals surface area contributed by atoms with E-state index in [1.807, 2.05) is 30.3 Å².